The molecule has 1 aliphatic rings. The fourth-order valence-corrected chi connectivity index (χ4v) is 3.13. The average molecular weight is 307 g/mol. The van der Waals surface area contributed by atoms with Crippen molar-refractivity contribution in [1.29, 1.82) is 0 Å². The number of halogens is 1. The largest absolute Gasteiger partial charge is 0.493 e. The van der Waals surface area contributed by atoms with E-state index in [1.165, 1.54) is 25.5 Å². The van der Waals surface area contributed by atoms with Crippen LogP contribution in [0.15, 0.2) is 18.2 Å². The van der Waals surface area contributed by atoms with Crippen LogP contribution in [0.1, 0.15) is 52.0 Å². The normalized spacial score (nSPS) is 17.4. The number of piperidine rings is 1. The van der Waals surface area contributed by atoms with E-state index in [-0.39, 0.29) is 11.7 Å². The Hall–Kier alpha value is -1.09. The SMILES string of the molecule is CC(C)CN1CCC(COc2ccc(C(C)C)c(F)c2)CC1. The zero-order chi connectivity index (χ0) is 16.1. The van der Waals surface area contributed by atoms with Crippen molar-refractivity contribution in [1.82, 2.24) is 4.90 Å². The van der Waals surface area contributed by atoms with Crippen molar-refractivity contribution in [3.63, 3.8) is 0 Å². The smallest absolute Gasteiger partial charge is 0.130 e. The van der Waals surface area contributed by atoms with Gasteiger partial charge in [-0.1, -0.05) is 33.8 Å². The maximum atomic E-state index is 14.0. The molecule has 0 atom stereocenters. The molecule has 0 bridgehead atoms. The maximum Gasteiger partial charge on any atom is 0.130 e. The molecule has 1 aliphatic heterocycles. The summed E-state index contributed by atoms with van der Waals surface area (Å²) >= 11 is 0. The van der Waals surface area contributed by atoms with Crippen molar-refractivity contribution < 1.29 is 9.13 Å². The Bertz CT molecular complexity index is 465. The molecule has 0 N–H and O–H groups in total. The molecule has 22 heavy (non-hydrogen) atoms. The van der Waals surface area contributed by atoms with Crippen molar-refractivity contribution >= 4 is 0 Å². The molecular weight excluding hydrogens is 277 g/mol. The third-order valence-electron chi connectivity index (χ3n) is 4.41. The predicted octanol–water partition coefficient (Wildman–Crippen LogP) is 4.70. The molecule has 1 heterocycles. The number of likely N-dealkylation sites (tertiary alicyclic amines) is 1. The first kappa shape index (κ1) is 17.3. The summed E-state index contributed by atoms with van der Waals surface area (Å²) in [5, 5.41) is 0. The van der Waals surface area contributed by atoms with Crippen LogP contribution in [0.25, 0.3) is 0 Å². The van der Waals surface area contributed by atoms with Gasteiger partial charge in [0.15, 0.2) is 0 Å². The molecule has 1 aromatic rings. The Balaban J connectivity index is 1.78. The van der Waals surface area contributed by atoms with Crippen molar-refractivity contribution in [3.8, 4) is 5.75 Å². The third kappa shape index (κ3) is 4.98. The van der Waals surface area contributed by atoms with Gasteiger partial charge in [-0.3, -0.25) is 0 Å². The number of ether oxygens (including phenoxy) is 1. The van der Waals surface area contributed by atoms with Crippen LogP contribution in [-0.4, -0.2) is 31.1 Å². The van der Waals surface area contributed by atoms with Crippen LogP contribution in [0.5, 0.6) is 5.75 Å². The summed E-state index contributed by atoms with van der Waals surface area (Å²) in [4.78, 5) is 2.54. The first-order valence-electron chi connectivity index (χ1n) is 8.60. The second kappa shape index (κ2) is 7.96. The van der Waals surface area contributed by atoms with Crippen molar-refractivity contribution in [2.75, 3.05) is 26.2 Å². The fourth-order valence-electron chi connectivity index (χ4n) is 3.13. The number of rotatable bonds is 6. The summed E-state index contributed by atoms with van der Waals surface area (Å²) in [6, 6.07) is 5.27. The van der Waals surface area contributed by atoms with Gasteiger partial charge in [0.05, 0.1) is 6.61 Å². The summed E-state index contributed by atoms with van der Waals surface area (Å²) in [5.74, 6) is 2.04. The zero-order valence-electron chi connectivity index (χ0n) is 14.4. The molecule has 0 unspecified atom stereocenters. The molecule has 0 spiro atoms. The van der Waals surface area contributed by atoms with Crippen molar-refractivity contribution in [2.24, 2.45) is 11.8 Å². The minimum Gasteiger partial charge on any atom is -0.493 e. The molecule has 0 radical (unpaired) electrons. The van der Waals surface area contributed by atoms with Gasteiger partial charge in [0, 0.05) is 12.6 Å². The Labute approximate surface area is 134 Å². The monoisotopic (exact) mass is 307 g/mol. The molecule has 2 rings (SSSR count). The molecule has 0 aromatic heterocycles. The molecule has 2 nitrogen and oxygen atoms in total. The van der Waals surface area contributed by atoms with Gasteiger partial charge in [-0.15, -0.1) is 0 Å². The first-order valence-corrected chi connectivity index (χ1v) is 8.60. The molecule has 1 aromatic carbocycles. The highest BCUT2D eigenvalue weighted by Gasteiger charge is 2.20. The number of benzene rings is 1. The van der Waals surface area contributed by atoms with E-state index in [9.17, 15) is 4.39 Å². The lowest BCUT2D eigenvalue weighted by Crippen LogP contribution is -2.37. The zero-order valence-corrected chi connectivity index (χ0v) is 14.4. The minimum absolute atomic E-state index is 0.153. The lowest BCUT2D eigenvalue weighted by molar-refractivity contribution is 0.132. The lowest BCUT2D eigenvalue weighted by Gasteiger charge is -2.32. The Morgan fingerprint density at radius 1 is 1.18 bits per heavy atom. The molecule has 124 valence electrons. The summed E-state index contributed by atoms with van der Waals surface area (Å²) in [5.41, 5.74) is 0.759. The summed E-state index contributed by atoms with van der Waals surface area (Å²) in [6.45, 7) is 12.8. The van der Waals surface area contributed by atoms with E-state index >= 15 is 0 Å². The Kier molecular flexibility index (Phi) is 6.25. The quantitative estimate of drug-likeness (QED) is 0.755. The van der Waals surface area contributed by atoms with Crippen molar-refractivity contribution in [2.45, 2.75) is 46.5 Å². The van der Waals surface area contributed by atoms with E-state index in [0.717, 1.165) is 24.6 Å². The third-order valence-corrected chi connectivity index (χ3v) is 4.41. The summed E-state index contributed by atoms with van der Waals surface area (Å²) in [7, 11) is 0. The predicted molar refractivity (Wildman–Crippen MR) is 90.0 cm³/mol. The topological polar surface area (TPSA) is 12.5 Å². The van der Waals surface area contributed by atoms with E-state index < -0.39 is 0 Å². The van der Waals surface area contributed by atoms with Crippen LogP contribution < -0.4 is 4.74 Å². The van der Waals surface area contributed by atoms with Gasteiger partial charge in [0.2, 0.25) is 0 Å². The van der Waals surface area contributed by atoms with Gasteiger partial charge in [0.25, 0.3) is 0 Å². The number of hydrogen-bond donors (Lipinski definition) is 0. The van der Waals surface area contributed by atoms with Crippen LogP contribution in [0.3, 0.4) is 0 Å². The average Bonchev–Trinajstić information content (AvgIpc) is 2.45. The van der Waals surface area contributed by atoms with Gasteiger partial charge in [-0.05, 0) is 55.3 Å². The maximum absolute atomic E-state index is 14.0. The van der Waals surface area contributed by atoms with Gasteiger partial charge in [-0.2, -0.15) is 0 Å². The summed E-state index contributed by atoms with van der Waals surface area (Å²) in [6.07, 6.45) is 2.36. The number of nitrogens with zero attached hydrogens (tertiary/aromatic N) is 1. The summed E-state index contributed by atoms with van der Waals surface area (Å²) < 4.78 is 19.8. The van der Waals surface area contributed by atoms with E-state index in [1.54, 1.807) is 0 Å². The van der Waals surface area contributed by atoms with Crippen LogP contribution in [0.4, 0.5) is 4.39 Å². The molecule has 3 heteroatoms. The molecule has 0 aliphatic carbocycles. The Morgan fingerprint density at radius 2 is 1.86 bits per heavy atom. The van der Waals surface area contributed by atoms with Crippen molar-refractivity contribution in [3.05, 3.63) is 29.6 Å². The molecule has 0 saturated carbocycles. The first-order chi connectivity index (χ1) is 10.5. The second-order valence-corrected chi connectivity index (χ2v) is 7.29. The minimum atomic E-state index is -0.153. The van der Waals surface area contributed by atoms with Crippen LogP contribution in [0, 0.1) is 17.7 Å². The highest BCUT2D eigenvalue weighted by Crippen LogP contribution is 2.24. The molecule has 1 saturated heterocycles. The van der Waals surface area contributed by atoms with E-state index in [2.05, 4.69) is 18.7 Å². The van der Waals surface area contributed by atoms with Gasteiger partial charge in [0.1, 0.15) is 11.6 Å². The van der Waals surface area contributed by atoms with E-state index in [0.29, 0.717) is 18.3 Å². The Morgan fingerprint density at radius 3 is 2.41 bits per heavy atom. The van der Waals surface area contributed by atoms with E-state index in [1.807, 2.05) is 26.0 Å². The number of hydrogen-bond acceptors (Lipinski definition) is 2. The lowest BCUT2D eigenvalue weighted by atomic mass is 9.97. The highest BCUT2D eigenvalue weighted by atomic mass is 19.1. The van der Waals surface area contributed by atoms with Crippen LogP contribution in [0.2, 0.25) is 0 Å². The van der Waals surface area contributed by atoms with Gasteiger partial charge in [-0.25, -0.2) is 4.39 Å². The van der Waals surface area contributed by atoms with E-state index in [4.69, 9.17) is 4.74 Å². The second-order valence-electron chi connectivity index (χ2n) is 7.29. The highest BCUT2D eigenvalue weighted by molar-refractivity contribution is 5.30. The standard InChI is InChI=1S/C19H30FNO/c1-14(2)12-21-9-7-16(8-10-21)13-22-17-5-6-18(15(3)4)19(20)11-17/h5-6,11,14-16H,7-10,12-13H2,1-4H3. The van der Waals surface area contributed by atoms with Crippen LogP contribution in [-0.2, 0) is 0 Å². The molecular formula is C19H30FNO. The molecule has 1 fully saturated rings. The fraction of sp³-hybridized carbons (Fsp3) is 0.684. The van der Waals surface area contributed by atoms with Gasteiger partial charge < -0.3 is 9.64 Å². The van der Waals surface area contributed by atoms with Crippen LogP contribution >= 0.6 is 0 Å². The molecule has 0 amide bonds. The van der Waals surface area contributed by atoms with Gasteiger partial charge >= 0.3 is 0 Å².